The standard InChI is InChI=1S/C11H14BrNO2S/c1-6-3-9(16-10(6)12)11(14)13-7-4-8(5-7)15-2/h3,7-8H,4-5H2,1-2H3,(H,13,14). The first-order valence-corrected chi connectivity index (χ1v) is 6.80. The molecule has 0 bridgehead atoms. The molecule has 0 aliphatic heterocycles. The highest BCUT2D eigenvalue weighted by atomic mass is 79.9. The largest absolute Gasteiger partial charge is 0.381 e. The number of carbonyl (C=O) groups is 1. The molecule has 16 heavy (non-hydrogen) atoms. The molecule has 0 radical (unpaired) electrons. The highest BCUT2D eigenvalue weighted by molar-refractivity contribution is 9.11. The van der Waals surface area contributed by atoms with E-state index in [4.69, 9.17) is 4.74 Å². The van der Waals surface area contributed by atoms with Crippen molar-refractivity contribution < 1.29 is 9.53 Å². The van der Waals surface area contributed by atoms with Gasteiger partial charge in [-0.15, -0.1) is 11.3 Å². The van der Waals surface area contributed by atoms with E-state index in [9.17, 15) is 4.79 Å². The number of methoxy groups -OCH3 is 1. The van der Waals surface area contributed by atoms with E-state index >= 15 is 0 Å². The molecule has 1 aromatic heterocycles. The molecule has 0 unspecified atom stereocenters. The van der Waals surface area contributed by atoms with Crippen LogP contribution < -0.4 is 5.32 Å². The number of ether oxygens (including phenoxy) is 1. The summed E-state index contributed by atoms with van der Waals surface area (Å²) in [7, 11) is 1.71. The van der Waals surface area contributed by atoms with E-state index in [0.29, 0.717) is 6.10 Å². The fraction of sp³-hybridized carbons (Fsp3) is 0.545. The molecule has 1 aliphatic rings. The molecular weight excluding hydrogens is 290 g/mol. The number of rotatable bonds is 3. The van der Waals surface area contributed by atoms with Crippen molar-refractivity contribution in [1.29, 1.82) is 0 Å². The summed E-state index contributed by atoms with van der Waals surface area (Å²) in [5, 5.41) is 3.01. The number of aryl methyl sites for hydroxylation is 1. The number of nitrogens with one attached hydrogen (secondary N) is 1. The zero-order valence-corrected chi connectivity index (χ0v) is 11.7. The lowest BCUT2D eigenvalue weighted by Crippen LogP contribution is -2.47. The minimum absolute atomic E-state index is 0.0263. The van der Waals surface area contributed by atoms with Crippen LogP contribution in [0.15, 0.2) is 9.85 Å². The monoisotopic (exact) mass is 303 g/mol. The van der Waals surface area contributed by atoms with E-state index in [2.05, 4.69) is 21.2 Å². The summed E-state index contributed by atoms with van der Waals surface area (Å²) in [6.07, 6.45) is 2.17. The second-order valence-electron chi connectivity index (χ2n) is 4.07. The number of halogens is 1. The Labute approximate surface area is 107 Å². The van der Waals surface area contributed by atoms with Gasteiger partial charge in [0.15, 0.2) is 0 Å². The van der Waals surface area contributed by atoms with Gasteiger partial charge in [-0.05, 0) is 47.3 Å². The topological polar surface area (TPSA) is 38.3 Å². The Balaban J connectivity index is 1.89. The van der Waals surface area contributed by atoms with Crippen molar-refractivity contribution in [3.63, 3.8) is 0 Å². The SMILES string of the molecule is COC1CC(NC(=O)c2cc(C)c(Br)s2)C1. The van der Waals surface area contributed by atoms with Crippen molar-refractivity contribution in [3.05, 3.63) is 20.3 Å². The van der Waals surface area contributed by atoms with Crippen molar-refractivity contribution >= 4 is 33.2 Å². The van der Waals surface area contributed by atoms with Gasteiger partial charge in [0.1, 0.15) is 0 Å². The van der Waals surface area contributed by atoms with Gasteiger partial charge < -0.3 is 10.1 Å². The molecule has 5 heteroatoms. The van der Waals surface area contributed by atoms with E-state index in [-0.39, 0.29) is 11.9 Å². The molecule has 3 nitrogen and oxygen atoms in total. The predicted octanol–water partition coefficient (Wildman–Crippen LogP) is 2.73. The van der Waals surface area contributed by atoms with Crippen molar-refractivity contribution in [3.8, 4) is 0 Å². The number of amides is 1. The highest BCUT2D eigenvalue weighted by Crippen LogP contribution is 2.28. The average Bonchev–Trinajstić information content (AvgIpc) is 2.52. The van der Waals surface area contributed by atoms with Gasteiger partial charge >= 0.3 is 0 Å². The number of carbonyl (C=O) groups excluding carboxylic acids is 1. The van der Waals surface area contributed by atoms with Crippen LogP contribution in [0.5, 0.6) is 0 Å². The first-order chi connectivity index (χ1) is 7.60. The molecule has 2 rings (SSSR count). The van der Waals surface area contributed by atoms with Gasteiger partial charge in [0.05, 0.1) is 14.8 Å². The van der Waals surface area contributed by atoms with E-state index in [1.807, 2.05) is 13.0 Å². The van der Waals surface area contributed by atoms with Crippen LogP contribution in [0.4, 0.5) is 0 Å². The average molecular weight is 304 g/mol. The lowest BCUT2D eigenvalue weighted by atomic mass is 9.89. The third-order valence-corrected chi connectivity index (χ3v) is 4.98. The van der Waals surface area contributed by atoms with E-state index < -0.39 is 0 Å². The molecular formula is C11H14BrNO2S. The molecule has 0 atom stereocenters. The van der Waals surface area contributed by atoms with Gasteiger partial charge in [-0.2, -0.15) is 0 Å². The van der Waals surface area contributed by atoms with Crippen LogP contribution in [0.2, 0.25) is 0 Å². The summed E-state index contributed by atoms with van der Waals surface area (Å²) in [5.74, 6) is 0.0263. The number of thiophene rings is 1. The van der Waals surface area contributed by atoms with Crippen LogP contribution in [0.3, 0.4) is 0 Å². The normalized spacial score (nSPS) is 23.9. The van der Waals surface area contributed by atoms with Crippen LogP contribution in [0, 0.1) is 6.92 Å². The lowest BCUT2D eigenvalue weighted by Gasteiger charge is -2.34. The summed E-state index contributed by atoms with van der Waals surface area (Å²) in [5.41, 5.74) is 1.11. The molecule has 88 valence electrons. The summed E-state index contributed by atoms with van der Waals surface area (Å²) in [4.78, 5) is 12.6. The Morgan fingerprint density at radius 3 is 2.81 bits per heavy atom. The zero-order valence-electron chi connectivity index (χ0n) is 9.25. The van der Waals surface area contributed by atoms with Gasteiger partial charge in [0, 0.05) is 13.2 Å². The van der Waals surface area contributed by atoms with Crippen molar-refractivity contribution in [2.45, 2.75) is 31.9 Å². The maximum Gasteiger partial charge on any atom is 0.261 e. The number of hydrogen-bond donors (Lipinski definition) is 1. The lowest BCUT2D eigenvalue weighted by molar-refractivity contribution is 0.0177. The molecule has 1 amide bonds. The Bertz CT molecular complexity index is 379. The molecule has 1 aliphatic carbocycles. The van der Waals surface area contributed by atoms with Crippen LogP contribution in [-0.4, -0.2) is 25.2 Å². The summed E-state index contributed by atoms with van der Waals surface area (Å²) in [6, 6.07) is 2.19. The smallest absolute Gasteiger partial charge is 0.261 e. The molecule has 1 fully saturated rings. The quantitative estimate of drug-likeness (QED) is 0.932. The minimum atomic E-state index is 0.0263. The van der Waals surface area contributed by atoms with Gasteiger partial charge in [-0.25, -0.2) is 0 Å². The Morgan fingerprint density at radius 1 is 1.62 bits per heavy atom. The Hall–Kier alpha value is -0.390. The maximum absolute atomic E-state index is 11.8. The summed E-state index contributed by atoms with van der Waals surface area (Å²) in [6.45, 7) is 1.99. The molecule has 1 N–H and O–H groups in total. The van der Waals surface area contributed by atoms with Crippen molar-refractivity contribution in [2.75, 3.05) is 7.11 Å². The summed E-state index contributed by atoms with van der Waals surface area (Å²) >= 11 is 4.90. The predicted molar refractivity (Wildman–Crippen MR) is 68.0 cm³/mol. The van der Waals surface area contributed by atoms with Crippen LogP contribution in [0.25, 0.3) is 0 Å². The zero-order chi connectivity index (χ0) is 11.7. The van der Waals surface area contributed by atoms with Crippen molar-refractivity contribution in [2.24, 2.45) is 0 Å². The minimum Gasteiger partial charge on any atom is -0.381 e. The molecule has 0 spiro atoms. The number of hydrogen-bond acceptors (Lipinski definition) is 3. The Morgan fingerprint density at radius 2 is 2.31 bits per heavy atom. The van der Waals surface area contributed by atoms with Gasteiger partial charge in [0.2, 0.25) is 0 Å². The van der Waals surface area contributed by atoms with E-state index in [1.165, 1.54) is 11.3 Å². The van der Waals surface area contributed by atoms with Crippen molar-refractivity contribution in [1.82, 2.24) is 5.32 Å². The molecule has 1 heterocycles. The van der Waals surface area contributed by atoms with Gasteiger partial charge in [-0.1, -0.05) is 0 Å². The van der Waals surface area contributed by atoms with Crippen LogP contribution >= 0.6 is 27.3 Å². The molecule has 1 saturated carbocycles. The molecule has 0 aromatic carbocycles. The third-order valence-electron chi connectivity index (χ3n) is 2.84. The van der Waals surface area contributed by atoms with E-state index in [0.717, 1.165) is 27.1 Å². The third kappa shape index (κ3) is 2.47. The maximum atomic E-state index is 11.8. The summed E-state index contributed by atoms with van der Waals surface area (Å²) < 4.78 is 6.20. The van der Waals surface area contributed by atoms with E-state index in [1.54, 1.807) is 7.11 Å². The van der Waals surface area contributed by atoms with Gasteiger partial charge in [0.25, 0.3) is 5.91 Å². The second kappa shape index (κ2) is 4.85. The molecule has 1 aromatic rings. The first-order valence-electron chi connectivity index (χ1n) is 5.19. The fourth-order valence-corrected chi connectivity index (χ4v) is 3.14. The second-order valence-corrected chi connectivity index (χ2v) is 6.44. The first kappa shape index (κ1) is 12.1. The van der Waals surface area contributed by atoms with Crippen LogP contribution in [-0.2, 0) is 4.74 Å². The van der Waals surface area contributed by atoms with Gasteiger partial charge in [-0.3, -0.25) is 4.79 Å². The fourth-order valence-electron chi connectivity index (χ4n) is 1.70. The highest BCUT2D eigenvalue weighted by Gasteiger charge is 2.30. The van der Waals surface area contributed by atoms with Crippen LogP contribution in [0.1, 0.15) is 28.1 Å². The molecule has 0 saturated heterocycles. The Kier molecular flexibility index (Phi) is 3.66.